The third-order valence-electron chi connectivity index (χ3n) is 6.63. The zero-order valence-corrected chi connectivity index (χ0v) is 20.6. The lowest BCUT2D eigenvalue weighted by molar-refractivity contribution is -0.274. The van der Waals surface area contributed by atoms with E-state index in [1.807, 2.05) is 24.3 Å². The molecule has 4 rings (SSSR count). The molecule has 1 aliphatic heterocycles. The van der Waals surface area contributed by atoms with Crippen LogP contribution in [0.25, 0.3) is 0 Å². The number of halogens is 4. The van der Waals surface area contributed by atoms with Crippen molar-refractivity contribution in [3.8, 4) is 5.75 Å². The Morgan fingerprint density at radius 1 is 1.09 bits per heavy atom. The second-order valence-electron chi connectivity index (χ2n) is 9.17. The van der Waals surface area contributed by atoms with E-state index in [9.17, 15) is 22.8 Å². The topological polar surface area (TPSA) is 84.7 Å². The molecule has 6 nitrogen and oxygen atoms in total. The number of carbonyl (C=O) groups excluding carboxylic acids is 2. The van der Waals surface area contributed by atoms with E-state index in [2.05, 4.69) is 26.0 Å². The molecule has 0 aromatic heterocycles. The molecular formula is C25H27BrF3N3O3. The predicted octanol–water partition coefficient (Wildman–Crippen LogP) is 4.06. The summed E-state index contributed by atoms with van der Waals surface area (Å²) < 4.78 is 42.3. The Bertz CT molecular complexity index is 1050. The largest absolute Gasteiger partial charge is 0.573 e. The maximum Gasteiger partial charge on any atom is 0.573 e. The Balaban J connectivity index is 1.51. The van der Waals surface area contributed by atoms with Gasteiger partial charge in [0.05, 0.1) is 5.41 Å². The number of hydrogen-bond donors (Lipinski definition) is 2. The van der Waals surface area contributed by atoms with E-state index in [1.54, 1.807) is 4.90 Å². The summed E-state index contributed by atoms with van der Waals surface area (Å²) in [7, 11) is 0. The van der Waals surface area contributed by atoms with Gasteiger partial charge in [-0.05, 0) is 61.1 Å². The van der Waals surface area contributed by atoms with Crippen molar-refractivity contribution in [3.05, 3.63) is 64.1 Å². The molecule has 1 saturated heterocycles. The monoisotopic (exact) mass is 553 g/mol. The van der Waals surface area contributed by atoms with E-state index in [0.29, 0.717) is 50.8 Å². The van der Waals surface area contributed by atoms with Crippen molar-refractivity contribution in [2.45, 2.75) is 56.0 Å². The molecule has 0 radical (unpaired) electrons. The fourth-order valence-corrected chi connectivity index (χ4v) is 4.70. The predicted molar refractivity (Wildman–Crippen MR) is 128 cm³/mol. The van der Waals surface area contributed by atoms with Gasteiger partial charge in [0.1, 0.15) is 11.8 Å². The third kappa shape index (κ3) is 6.35. The Morgan fingerprint density at radius 2 is 1.69 bits per heavy atom. The third-order valence-corrected chi connectivity index (χ3v) is 7.16. The molecule has 1 atom stereocenters. The van der Waals surface area contributed by atoms with Crippen LogP contribution in [0.4, 0.5) is 13.2 Å². The molecule has 1 unspecified atom stereocenters. The Morgan fingerprint density at radius 3 is 2.23 bits per heavy atom. The number of nitrogens with one attached hydrogen (secondary N) is 1. The van der Waals surface area contributed by atoms with Gasteiger partial charge in [0.25, 0.3) is 0 Å². The van der Waals surface area contributed by atoms with Crippen molar-refractivity contribution in [2.24, 2.45) is 5.73 Å². The van der Waals surface area contributed by atoms with E-state index in [-0.39, 0.29) is 23.6 Å². The summed E-state index contributed by atoms with van der Waals surface area (Å²) in [5.74, 6) is -0.798. The van der Waals surface area contributed by atoms with Crippen LogP contribution in [0.5, 0.6) is 5.75 Å². The van der Waals surface area contributed by atoms with Crippen molar-refractivity contribution < 1.29 is 27.5 Å². The summed E-state index contributed by atoms with van der Waals surface area (Å²) in [6.45, 7) is 1.08. The molecule has 2 aromatic rings. The molecule has 0 spiro atoms. The van der Waals surface area contributed by atoms with Gasteiger partial charge < -0.3 is 20.7 Å². The molecule has 2 amide bonds. The second-order valence-corrected chi connectivity index (χ2v) is 10.1. The van der Waals surface area contributed by atoms with Gasteiger partial charge in [0, 0.05) is 30.0 Å². The average molecular weight is 554 g/mol. The van der Waals surface area contributed by atoms with Crippen LogP contribution < -0.4 is 15.8 Å². The molecule has 2 aromatic carbocycles. The van der Waals surface area contributed by atoms with E-state index in [0.717, 1.165) is 10.0 Å². The Kier molecular flexibility index (Phi) is 7.42. The van der Waals surface area contributed by atoms with Gasteiger partial charge in [-0.15, -0.1) is 13.2 Å². The van der Waals surface area contributed by atoms with E-state index < -0.39 is 17.8 Å². The van der Waals surface area contributed by atoms with Crippen molar-refractivity contribution in [2.75, 3.05) is 13.1 Å². The molecule has 2 fully saturated rings. The number of likely N-dealkylation sites (tertiary alicyclic amines) is 1. The van der Waals surface area contributed by atoms with Crippen LogP contribution in [0.15, 0.2) is 53.0 Å². The molecule has 2 aliphatic rings. The molecule has 10 heteroatoms. The SMILES string of the molecule is NC1CCN(C(=O)C(Cc2ccc(Br)cc2)NC(=O)C2(c3ccc(OC(F)(F)F)cc3)CC2)CC1. The van der Waals surface area contributed by atoms with Gasteiger partial charge in [-0.3, -0.25) is 9.59 Å². The molecular weight excluding hydrogens is 527 g/mol. The average Bonchev–Trinajstić information content (AvgIpc) is 3.62. The number of piperidine rings is 1. The van der Waals surface area contributed by atoms with Crippen molar-refractivity contribution in [1.29, 1.82) is 0 Å². The zero-order chi connectivity index (χ0) is 25.2. The number of ether oxygens (including phenoxy) is 1. The van der Waals surface area contributed by atoms with Crippen molar-refractivity contribution in [3.63, 3.8) is 0 Å². The van der Waals surface area contributed by atoms with Gasteiger partial charge in [-0.1, -0.05) is 40.2 Å². The summed E-state index contributed by atoms with van der Waals surface area (Å²) in [4.78, 5) is 28.6. The smallest absolute Gasteiger partial charge is 0.406 e. The summed E-state index contributed by atoms with van der Waals surface area (Å²) >= 11 is 3.40. The van der Waals surface area contributed by atoms with Crippen LogP contribution in [-0.2, 0) is 21.4 Å². The van der Waals surface area contributed by atoms with E-state index >= 15 is 0 Å². The molecule has 1 saturated carbocycles. The Labute approximate surface area is 210 Å². The molecule has 0 bridgehead atoms. The molecule has 1 aliphatic carbocycles. The first-order valence-corrected chi connectivity index (χ1v) is 12.3. The highest BCUT2D eigenvalue weighted by atomic mass is 79.9. The molecule has 1 heterocycles. The number of carbonyl (C=O) groups is 2. The summed E-state index contributed by atoms with van der Waals surface area (Å²) in [6, 6.07) is 12.2. The van der Waals surface area contributed by atoms with Crippen LogP contribution in [-0.4, -0.2) is 48.2 Å². The lowest BCUT2D eigenvalue weighted by atomic mass is 9.93. The zero-order valence-electron chi connectivity index (χ0n) is 19.0. The van der Waals surface area contributed by atoms with E-state index in [1.165, 1.54) is 24.3 Å². The summed E-state index contributed by atoms with van der Waals surface area (Å²) in [5.41, 5.74) is 6.62. The quantitative estimate of drug-likeness (QED) is 0.541. The standard InChI is InChI=1S/C25H27BrF3N3O3/c26-18-5-1-16(2-6-18)15-21(22(33)32-13-9-19(30)10-14-32)31-23(34)24(11-12-24)17-3-7-20(8-4-17)35-25(27,28)29/h1-8,19,21H,9-15,30H2,(H,31,34). The minimum atomic E-state index is -4.78. The van der Waals surface area contributed by atoms with Gasteiger partial charge in [-0.25, -0.2) is 0 Å². The van der Waals surface area contributed by atoms with Crippen LogP contribution >= 0.6 is 15.9 Å². The van der Waals surface area contributed by atoms with Gasteiger partial charge in [0.15, 0.2) is 0 Å². The van der Waals surface area contributed by atoms with Crippen molar-refractivity contribution >= 4 is 27.7 Å². The first kappa shape index (κ1) is 25.5. The lowest BCUT2D eigenvalue weighted by Gasteiger charge is -2.33. The van der Waals surface area contributed by atoms with Crippen LogP contribution in [0.1, 0.15) is 36.8 Å². The normalized spacial score (nSPS) is 18.6. The highest BCUT2D eigenvalue weighted by Gasteiger charge is 2.52. The number of amides is 2. The minimum Gasteiger partial charge on any atom is -0.406 e. The van der Waals surface area contributed by atoms with Crippen LogP contribution in [0.2, 0.25) is 0 Å². The highest BCUT2D eigenvalue weighted by Crippen LogP contribution is 2.49. The number of nitrogens with two attached hydrogens (primary N) is 1. The number of benzene rings is 2. The second kappa shape index (κ2) is 10.2. The van der Waals surface area contributed by atoms with Gasteiger partial charge in [-0.2, -0.15) is 0 Å². The van der Waals surface area contributed by atoms with E-state index in [4.69, 9.17) is 5.73 Å². The lowest BCUT2D eigenvalue weighted by Crippen LogP contribution is -2.54. The fraction of sp³-hybridized carbons (Fsp3) is 0.440. The maximum atomic E-state index is 13.4. The summed E-state index contributed by atoms with van der Waals surface area (Å²) in [5, 5.41) is 2.96. The van der Waals surface area contributed by atoms with Crippen LogP contribution in [0, 0.1) is 0 Å². The Hall–Kier alpha value is -2.59. The molecule has 188 valence electrons. The molecule has 35 heavy (non-hydrogen) atoms. The number of hydrogen-bond acceptors (Lipinski definition) is 4. The van der Waals surface area contributed by atoms with Gasteiger partial charge >= 0.3 is 6.36 Å². The summed E-state index contributed by atoms with van der Waals surface area (Å²) in [6.07, 6.45) is -1.93. The number of rotatable bonds is 7. The highest BCUT2D eigenvalue weighted by molar-refractivity contribution is 9.10. The number of nitrogens with zero attached hydrogens (tertiary/aromatic N) is 1. The maximum absolute atomic E-state index is 13.4. The first-order valence-electron chi connectivity index (χ1n) is 11.5. The molecule has 3 N–H and O–H groups in total. The van der Waals surface area contributed by atoms with Crippen LogP contribution in [0.3, 0.4) is 0 Å². The van der Waals surface area contributed by atoms with Crippen molar-refractivity contribution in [1.82, 2.24) is 10.2 Å². The van der Waals surface area contributed by atoms with Gasteiger partial charge in [0.2, 0.25) is 11.8 Å². The number of alkyl halides is 3. The first-order chi connectivity index (χ1) is 16.6. The minimum absolute atomic E-state index is 0.0672. The fourth-order valence-electron chi connectivity index (χ4n) is 4.44.